The number of likely N-dealkylation sites (tertiary alicyclic amines) is 1. The first-order valence-corrected chi connectivity index (χ1v) is 9.49. The van der Waals surface area contributed by atoms with Crippen molar-refractivity contribution in [3.8, 4) is 11.5 Å². The van der Waals surface area contributed by atoms with Crippen molar-refractivity contribution in [1.82, 2.24) is 25.2 Å². The number of piperidine rings is 1. The van der Waals surface area contributed by atoms with Gasteiger partial charge in [0, 0.05) is 44.0 Å². The second-order valence-electron chi connectivity index (χ2n) is 7.22. The van der Waals surface area contributed by atoms with Crippen LogP contribution in [0.2, 0.25) is 0 Å². The molecular formula is C20H22FN5O3. The Balaban J connectivity index is 1.54. The Morgan fingerprint density at radius 2 is 2.03 bits per heavy atom. The smallest absolute Gasteiger partial charge is 0.271 e. The van der Waals surface area contributed by atoms with Crippen molar-refractivity contribution >= 4 is 5.91 Å². The summed E-state index contributed by atoms with van der Waals surface area (Å²) in [6.45, 7) is 1.69. The Bertz CT molecular complexity index is 947. The van der Waals surface area contributed by atoms with Gasteiger partial charge in [0.25, 0.3) is 11.8 Å². The highest BCUT2D eigenvalue weighted by atomic mass is 19.1. The fraction of sp³-hybridized carbons (Fsp3) is 0.400. The number of ether oxygens (including phenoxy) is 1. The Labute approximate surface area is 167 Å². The molecule has 8 nitrogen and oxygen atoms in total. The number of hydrogen-bond donors (Lipinski definition) is 1. The molecule has 0 bridgehead atoms. The Kier molecular flexibility index (Phi) is 5.39. The molecule has 3 aromatic rings. The van der Waals surface area contributed by atoms with Gasteiger partial charge in [-0.25, -0.2) is 4.39 Å². The van der Waals surface area contributed by atoms with Crippen LogP contribution in [0.1, 0.15) is 35.6 Å². The number of halogens is 1. The van der Waals surface area contributed by atoms with Crippen molar-refractivity contribution in [2.75, 3.05) is 26.8 Å². The quantitative estimate of drug-likeness (QED) is 0.685. The number of rotatable bonds is 6. The summed E-state index contributed by atoms with van der Waals surface area (Å²) in [5, 5.41) is 10.8. The van der Waals surface area contributed by atoms with Gasteiger partial charge in [-0.1, -0.05) is 5.16 Å². The monoisotopic (exact) mass is 399 g/mol. The topological polar surface area (TPSA) is 97.1 Å². The van der Waals surface area contributed by atoms with Crippen molar-refractivity contribution in [1.29, 1.82) is 0 Å². The summed E-state index contributed by atoms with van der Waals surface area (Å²) >= 11 is 0. The molecule has 4 rings (SSSR count). The number of H-pyrrole nitrogens is 1. The Hall–Kier alpha value is -3.07. The number of aromatic amines is 1. The van der Waals surface area contributed by atoms with E-state index in [1.54, 1.807) is 36.4 Å². The van der Waals surface area contributed by atoms with Crippen molar-refractivity contribution in [2.45, 2.75) is 24.7 Å². The number of hydrogen-bond acceptors (Lipinski definition) is 6. The number of nitrogens with zero attached hydrogens (tertiary/aromatic N) is 4. The highest BCUT2D eigenvalue weighted by molar-refractivity contribution is 5.92. The van der Waals surface area contributed by atoms with Crippen LogP contribution in [0.3, 0.4) is 0 Å². The second kappa shape index (κ2) is 8.12. The maximum atomic E-state index is 13.2. The van der Waals surface area contributed by atoms with Gasteiger partial charge in [0.1, 0.15) is 11.5 Å². The Morgan fingerprint density at radius 1 is 1.28 bits per heavy atom. The third-order valence-electron chi connectivity index (χ3n) is 5.52. The molecule has 0 radical (unpaired) electrons. The first-order valence-electron chi connectivity index (χ1n) is 9.49. The lowest BCUT2D eigenvalue weighted by Crippen LogP contribution is -2.46. The van der Waals surface area contributed by atoms with Gasteiger partial charge in [0.2, 0.25) is 0 Å². The number of carbonyl (C=O) groups is 1. The molecule has 1 aliphatic rings. The van der Waals surface area contributed by atoms with Gasteiger partial charge in [0.15, 0.2) is 5.82 Å². The highest BCUT2D eigenvalue weighted by Gasteiger charge is 2.41. The lowest BCUT2D eigenvalue weighted by Gasteiger charge is -2.39. The Morgan fingerprint density at radius 3 is 2.69 bits per heavy atom. The van der Waals surface area contributed by atoms with Gasteiger partial charge < -0.3 is 14.2 Å². The maximum absolute atomic E-state index is 13.2. The van der Waals surface area contributed by atoms with E-state index >= 15 is 0 Å². The van der Waals surface area contributed by atoms with Gasteiger partial charge >= 0.3 is 0 Å². The van der Waals surface area contributed by atoms with E-state index in [0.717, 1.165) is 6.42 Å². The van der Waals surface area contributed by atoms with Crippen molar-refractivity contribution in [2.24, 2.45) is 0 Å². The van der Waals surface area contributed by atoms with Crippen LogP contribution in [0, 0.1) is 5.82 Å². The predicted octanol–water partition coefficient (Wildman–Crippen LogP) is 2.81. The minimum Gasteiger partial charge on any atom is -0.385 e. The van der Waals surface area contributed by atoms with Crippen LogP contribution in [-0.4, -0.2) is 58.0 Å². The lowest BCUT2D eigenvalue weighted by molar-refractivity contribution is 0.0610. The van der Waals surface area contributed by atoms with Crippen LogP contribution in [-0.2, 0) is 10.2 Å². The molecular weight excluding hydrogens is 377 g/mol. The molecule has 29 heavy (non-hydrogen) atoms. The molecule has 1 amide bonds. The summed E-state index contributed by atoms with van der Waals surface area (Å²) in [5.74, 6) is 0.567. The molecule has 0 spiro atoms. The molecule has 152 valence electrons. The standard InChI is InChI=1S/C20H22FN5O3/c1-28-13-9-20(7-11-26(12-8-20)18(27)16-6-10-22-24-16)19-23-17(29-25-19)14-2-4-15(21)5-3-14/h2-6,10H,7-9,11-13H2,1H3,(H,22,24). The summed E-state index contributed by atoms with van der Waals surface area (Å²) in [4.78, 5) is 19.0. The molecule has 1 saturated heterocycles. The van der Waals surface area contributed by atoms with Gasteiger partial charge in [-0.15, -0.1) is 0 Å². The number of methoxy groups -OCH3 is 1. The zero-order valence-electron chi connectivity index (χ0n) is 16.1. The highest BCUT2D eigenvalue weighted by Crippen LogP contribution is 2.38. The summed E-state index contributed by atoms with van der Waals surface area (Å²) in [6.07, 6.45) is 3.67. The van der Waals surface area contributed by atoms with E-state index in [9.17, 15) is 9.18 Å². The lowest BCUT2D eigenvalue weighted by atomic mass is 9.75. The first kappa shape index (κ1) is 19.3. The molecule has 1 fully saturated rings. The van der Waals surface area contributed by atoms with Crippen molar-refractivity contribution in [3.63, 3.8) is 0 Å². The number of benzene rings is 1. The summed E-state index contributed by atoms with van der Waals surface area (Å²) in [5.41, 5.74) is 0.800. The first-order chi connectivity index (χ1) is 14.1. The summed E-state index contributed by atoms with van der Waals surface area (Å²) < 4.78 is 24.0. The van der Waals surface area contributed by atoms with Crippen molar-refractivity contribution in [3.05, 3.63) is 53.9 Å². The van der Waals surface area contributed by atoms with Gasteiger partial charge in [0.05, 0.1) is 0 Å². The molecule has 1 aliphatic heterocycles. The molecule has 1 aromatic carbocycles. The normalized spacial score (nSPS) is 16.1. The molecule has 0 saturated carbocycles. The van der Waals surface area contributed by atoms with Crippen LogP contribution < -0.4 is 0 Å². The van der Waals surface area contributed by atoms with E-state index in [0.29, 0.717) is 55.5 Å². The van der Waals surface area contributed by atoms with Gasteiger partial charge in [-0.3, -0.25) is 9.89 Å². The summed E-state index contributed by atoms with van der Waals surface area (Å²) in [6, 6.07) is 7.61. The van der Waals surface area contributed by atoms with Crippen LogP contribution >= 0.6 is 0 Å². The number of carbonyl (C=O) groups excluding carboxylic acids is 1. The fourth-order valence-electron chi connectivity index (χ4n) is 3.71. The molecule has 3 heterocycles. The molecule has 0 atom stereocenters. The average Bonchev–Trinajstić information content (AvgIpc) is 3.45. The van der Waals surface area contributed by atoms with E-state index in [1.165, 1.54) is 12.1 Å². The largest absolute Gasteiger partial charge is 0.385 e. The average molecular weight is 399 g/mol. The maximum Gasteiger partial charge on any atom is 0.271 e. The van der Waals surface area contributed by atoms with E-state index in [-0.39, 0.29) is 17.1 Å². The predicted molar refractivity (Wildman–Crippen MR) is 102 cm³/mol. The van der Waals surface area contributed by atoms with Crippen LogP contribution in [0.25, 0.3) is 11.5 Å². The SMILES string of the molecule is COCCC1(c2noc(-c3ccc(F)cc3)n2)CCN(C(=O)c2ccn[nH]2)CC1. The van der Waals surface area contributed by atoms with Gasteiger partial charge in [-0.05, 0) is 49.6 Å². The number of amides is 1. The van der Waals surface area contributed by atoms with E-state index in [2.05, 4.69) is 20.3 Å². The molecule has 9 heteroatoms. The third-order valence-corrected chi connectivity index (χ3v) is 5.52. The minimum absolute atomic E-state index is 0.0667. The number of aromatic nitrogens is 4. The molecule has 0 unspecified atom stereocenters. The van der Waals surface area contributed by atoms with Crippen molar-refractivity contribution < 1.29 is 18.4 Å². The van der Waals surface area contributed by atoms with Crippen LogP contribution in [0.5, 0.6) is 0 Å². The summed E-state index contributed by atoms with van der Waals surface area (Å²) in [7, 11) is 1.66. The minimum atomic E-state index is -0.345. The molecule has 2 aromatic heterocycles. The molecule has 0 aliphatic carbocycles. The number of nitrogens with one attached hydrogen (secondary N) is 1. The fourth-order valence-corrected chi connectivity index (χ4v) is 3.71. The van der Waals surface area contributed by atoms with E-state index in [1.807, 2.05) is 0 Å². The zero-order chi connectivity index (χ0) is 20.3. The zero-order valence-corrected chi connectivity index (χ0v) is 16.1. The molecule has 1 N–H and O–H groups in total. The van der Waals surface area contributed by atoms with Crippen LogP contribution in [0.4, 0.5) is 4.39 Å². The van der Waals surface area contributed by atoms with E-state index in [4.69, 9.17) is 9.26 Å². The van der Waals surface area contributed by atoms with Gasteiger partial charge in [-0.2, -0.15) is 10.1 Å². The van der Waals surface area contributed by atoms with Crippen LogP contribution in [0.15, 0.2) is 41.1 Å². The second-order valence-corrected chi connectivity index (χ2v) is 7.22. The van der Waals surface area contributed by atoms with E-state index < -0.39 is 0 Å². The third kappa shape index (κ3) is 3.91.